The van der Waals surface area contributed by atoms with Crippen molar-refractivity contribution in [3.05, 3.63) is 30.2 Å². The van der Waals surface area contributed by atoms with E-state index in [-0.39, 0.29) is 5.82 Å². The number of pyridine rings is 1. The van der Waals surface area contributed by atoms with Crippen molar-refractivity contribution < 1.29 is 4.39 Å². The van der Waals surface area contributed by atoms with Crippen molar-refractivity contribution in [2.45, 2.75) is 31.7 Å². The summed E-state index contributed by atoms with van der Waals surface area (Å²) in [7, 11) is 0. The van der Waals surface area contributed by atoms with Gasteiger partial charge in [0, 0.05) is 23.3 Å². The van der Waals surface area contributed by atoms with Gasteiger partial charge in [-0.2, -0.15) is 0 Å². The van der Waals surface area contributed by atoms with E-state index in [9.17, 15) is 4.39 Å². The molecule has 20 heavy (non-hydrogen) atoms. The highest BCUT2D eigenvalue weighted by Gasteiger charge is 2.41. The van der Waals surface area contributed by atoms with Crippen molar-refractivity contribution in [3.63, 3.8) is 0 Å². The van der Waals surface area contributed by atoms with Crippen molar-refractivity contribution in [1.29, 1.82) is 0 Å². The number of hydrogen-bond acceptors (Lipinski definition) is 3. The van der Waals surface area contributed by atoms with Gasteiger partial charge in [-0.15, -0.1) is 0 Å². The molecule has 3 N–H and O–H groups in total. The molecule has 0 unspecified atom stereocenters. The van der Waals surface area contributed by atoms with Gasteiger partial charge in [0.25, 0.3) is 0 Å². The van der Waals surface area contributed by atoms with Crippen molar-refractivity contribution in [2.75, 3.05) is 11.1 Å². The van der Waals surface area contributed by atoms with Gasteiger partial charge in [0.05, 0.1) is 11.2 Å². The molecule has 2 aliphatic carbocycles. The fourth-order valence-electron chi connectivity index (χ4n) is 3.07. The fourth-order valence-corrected chi connectivity index (χ4v) is 3.07. The molecule has 0 aliphatic heterocycles. The molecule has 0 atom stereocenters. The lowest BCUT2D eigenvalue weighted by atomic mass is 10.1. The van der Waals surface area contributed by atoms with Crippen LogP contribution in [0.4, 0.5) is 15.8 Å². The molecule has 1 aromatic heterocycles. The highest BCUT2D eigenvalue weighted by Crippen LogP contribution is 2.46. The molecule has 0 spiro atoms. The van der Waals surface area contributed by atoms with Gasteiger partial charge in [0.2, 0.25) is 0 Å². The first-order valence-corrected chi connectivity index (χ1v) is 7.33. The van der Waals surface area contributed by atoms with Gasteiger partial charge in [0.1, 0.15) is 0 Å². The topological polar surface area (TPSA) is 50.9 Å². The maximum atomic E-state index is 14.3. The molecule has 2 saturated carbocycles. The second kappa shape index (κ2) is 4.33. The number of fused-ring (bicyclic) bond motifs is 1. The number of hydrogen-bond donors (Lipinski definition) is 2. The highest BCUT2D eigenvalue weighted by atomic mass is 19.1. The Kier molecular flexibility index (Phi) is 2.59. The average molecular weight is 271 g/mol. The molecule has 2 fully saturated rings. The smallest absolute Gasteiger partial charge is 0.150 e. The zero-order valence-corrected chi connectivity index (χ0v) is 11.3. The standard InChI is InChI=1S/C16H18FN3/c17-12-8-13(18)11-2-1-7-19-15(11)16(12)20-14(9-3-4-9)10-5-6-10/h1-2,7-10,14,20H,3-6,18H2. The molecule has 0 radical (unpaired) electrons. The number of nitrogens with one attached hydrogen (secondary N) is 1. The maximum absolute atomic E-state index is 14.3. The first-order valence-electron chi connectivity index (χ1n) is 7.33. The minimum Gasteiger partial charge on any atom is -0.398 e. The zero-order valence-electron chi connectivity index (χ0n) is 11.3. The molecule has 4 rings (SSSR count). The van der Waals surface area contributed by atoms with E-state index in [2.05, 4.69) is 10.3 Å². The molecule has 2 aromatic rings. The monoisotopic (exact) mass is 271 g/mol. The Labute approximate surface area is 117 Å². The fraction of sp³-hybridized carbons (Fsp3) is 0.438. The lowest BCUT2D eigenvalue weighted by Gasteiger charge is -2.21. The van der Waals surface area contributed by atoms with E-state index < -0.39 is 0 Å². The average Bonchev–Trinajstić information content (AvgIpc) is 3.32. The van der Waals surface area contributed by atoms with Gasteiger partial charge >= 0.3 is 0 Å². The molecule has 0 amide bonds. The third kappa shape index (κ3) is 1.99. The van der Waals surface area contributed by atoms with Gasteiger partial charge in [0.15, 0.2) is 5.82 Å². The summed E-state index contributed by atoms with van der Waals surface area (Å²) in [4.78, 5) is 4.33. The summed E-state index contributed by atoms with van der Waals surface area (Å²) in [5, 5.41) is 4.27. The largest absolute Gasteiger partial charge is 0.398 e. The minimum atomic E-state index is -0.292. The third-order valence-electron chi connectivity index (χ3n) is 4.45. The lowest BCUT2D eigenvalue weighted by Crippen LogP contribution is -2.25. The number of anilines is 2. The van der Waals surface area contributed by atoms with Crippen LogP contribution in [0.3, 0.4) is 0 Å². The SMILES string of the molecule is Nc1cc(F)c(NC(C2CC2)C2CC2)c2ncccc12. The summed E-state index contributed by atoms with van der Waals surface area (Å²) >= 11 is 0. The molecule has 1 heterocycles. The van der Waals surface area contributed by atoms with Crippen molar-refractivity contribution in [2.24, 2.45) is 11.8 Å². The Morgan fingerprint density at radius 2 is 1.95 bits per heavy atom. The predicted octanol–water partition coefficient (Wildman–Crippen LogP) is 3.56. The molecule has 3 nitrogen and oxygen atoms in total. The summed E-state index contributed by atoms with van der Waals surface area (Å²) in [6, 6.07) is 5.53. The Bertz CT molecular complexity index is 650. The first kappa shape index (κ1) is 11.9. The summed E-state index contributed by atoms with van der Waals surface area (Å²) in [5.74, 6) is 1.12. The summed E-state index contributed by atoms with van der Waals surface area (Å²) < 4.78 is 14.3. The van der Waals surface area contributed by atoms with Crippen molar-refractivity contribution >= 4 is 22.3 Å². The van der Waals surface area contributed by atoms with Crippen LogP contribution in [0.25, 0.3) is 10.9 Å². The van der Waals surface area contributed by atoms with Crippen LogP contribution in [0.2, 0.25) is 0 Å². The zero-order chi connectivity index (χ0) is 13.7. The Hall–Kier alpha value is -1.84. The van der Waals surface area contributed by atoms with Gasteiger partial charge in [-0.1, -0.05) is 0 Å². The summed E-state index contributed by atoms with van der Waals surface area (Å²) in [6.07, 6.45) is 6.73. The quantitative estimate of drug-likeness (QED) is 0.836. The normalized spacial score (nSPS) is 18.7. The second-order valence-electron chi connectivity index (χ2n) is 6.07. The van der Waals surface area contributed by atoms with E-state index >= 15 is 0 Å². The van der Waals surface area contributed by atoms with Crippen molar-refractivity contribution in [1.82, 2.24) is 4.98 Å². The molecule has 1 aromatic carbocycles. The van der Waals surface area contributed by atoms with Crippen LogP contribution in [0.15, 0.2) is 24.4 Å². The Morgan fingerprint density at radius 3 is 2.60 bits per heavy atom. The van der Waals surface area contributed by atoms with E-state index in [1.165, 1.54) is 31.7 Å². The van der Waals surface area contributed by atoms with Crippen LogP contribution in [-0.4, -0.2) is 11.0 Å². The second-order valence-corrected chi connectivity index (χ2v) is 6.07. The molecule has 0 bridgehead atoms. The van der Waals surface area contributed by atoms with Gasteiger partial charge < -0.3 is 11.1 Å². The molecule has 0 saturated heterocycles. The molecule has 104 valence electrons. The molecular formula is C16H18FN3. The number of halogens is 1. The predicted molar refractivity (Wildman–Crippen MR) is 79.0 cm³/mol. The van der Waals surface area contributed by atoms with E-state index in [0.29, 0.717) is 34.8 Å². The van der Waals surface area contributed by atoms with E-state index in [0.717, 1.165) is 5.39 Å². The number of aromatic nitrogens is 1. The van der Waals surface area contributed by atoms with Crippen LogP contribution >= 0.6 is 0 Å². The van der Waals surface area contributed by atoms with Crippen molar-refractivity contribution in [3.8, 4) is 0 Å². The van der Waals surface area contributed by atoms with E-state index in [1.807, 2.05) is 12.1 Å². The van der Waals surface area contributed by atoms with Gasteiger partial charge in [-0.25, -0.2) is 4.39 Å². The molecular weight excluding hydrogens is 253 g/mol. The van der Waals surface area contributed by atoms with Crippen LogP contribution in [0.1, 0.15) is 25.7 Å². The minimum absolute atomic E-state index is 0.292. The Morgan fingerprint density at radius 1 is 1.25 bits per heavy atom. The van der Waals surface area contributed by atoms with Gasteiger partial charge in [-0.05, 0) is 55.7 Å². The number of benzene rings is 1. The highest BCUT2D eigenvalue weighted by molar-refractivity contribution is 5.98. The number of nitrogens with zero attached hydrogens (tertiary/aromatic N) is 1. The van der Waals surface area contributed by atoms with Gasteiger partial charge in [-0.3, -0.25) is 4.98 Å². The van der Waals surface area contributed by atoms with E-state index in [4.69, 9.17) is 5.73 Å². The summed E-state index contributed by atoms with van der Waals surface area (Å²) in [6.45, 7) is 0. The van der Waals surface area contributed by atoms with Crippen LogP contribution in [0, 0.1) is 17.7 Å². The third-order valence-corrected chi connectivity index (χ3v) is 4.45. The number of nitrogen functional groups attached to an aromatic ring is 1. The van der Waals surface area contributed by atoms with Crippen LogP contribution in [0.5, 0.6) is 0 Å². The lowest BCUT2D eigenvalue weighted by molar-refractivity contribution is 0.558. The number of rotatable bonds is 4. The van der Waals surface area contributed by atoms with Crippen LogP contribution in [-0.2, 0) is 0 Å². The van der Waals surface area contributed by atoms with E-state index in [1.54, 1.807) is 6.20 Å². The first-order chi connectivity index (χ1) is 9.74. The summed E-state index contributed by atoms with van der Waals surface area (Å²) in [5.41, 5.74) is 7.52. The molecule has 2 aliphatic rings. The maximum Gasteiger partial charge on any atom is 0.150 e. The molecule has 4 heteroatoms. The number of nitrogens with two attached hydrogens (primary N) is 1. The Balaban J connectivity index is 1.78. The van der Waals surface area contributed by atoms with Crippen LogP contribution < -0.4 is 11.1 Å².